The molecule has 10 atom stereocenters. The summed E-state index contributed by atoms with van der Waals surface area (Å²) in [5.41, 5.74) is 1.41. The minimum absolute atomic E-state index is 0.412. The Balaban J connectivity index is 1.62. The Labute approximate surface area is 199 Å². The van der Waals surface area contributed by atoms with Gasteiger partial charge in [0.15, 0.2) is 0 Å². The zero-order valence-corrected chi connectivity index (χ0v) is 18.3. The molecule has 0 bridgehead atoms. The molecule has 2 aromatic rings. The fourth-order valence-electron chi connectivity index (χ4n) is 3.97. The van der Waals surface area contributed by atoms with E-state index in [1.165, 1.54) is 6.20 Å². The molecule has 12 heteroatoms. The average molecular weight is 490 g/mol. The number of hydrogen-bond acceptors (Lipinski definition) is 11. The Kier molecular flexibility index (Phi) is 7.70. The van der Waals surface area contributed by atoms with Crippen molar-refractivity contribution in [2.45, 2.75) is 61.0 Å². The van der Waals surface area contributed by atoms with Gasteiger partial charge in [-0.25, -0.2) is 0 Å². The van der Waals surface area contributed by atoms with Crippen molar-refractivity contribution in [3.8, 4) is 23.7 Å². The number of nitrogens with one attached hydrogen (secondary N) is 1. The largest absolute Gasteiger partial charge is 0.394 e. The number of benzene rings is 1. The third-order valence-corrected chi connectivity index (χ3v) is 6.04. The van der Waals surface area contributed by atoms with Gasteiger partial charge in [-0.2, -0.15) is 5.10 Å². The van der Waals surface area contributed by atoms with Gasteiger partial charge in [-0.1, -0.05) is 23.7 Å². The van der Waals surface area contributed by atoms with Crippen molar-refractivity contribution in [2.75, 3.05) is 13.2 Å². The third-order valence-electron chi connectivity index (χ3n) is 6.04. The van der Waals surface area contributed by atoms with Crippen LogP contribution in [-0.2, 0) is 9.47 Å². The van der Waals surface area contributed by atoms with Crippen LogP contribution < -0.4 is 0 Å². The SMILES string of the molecule is OCC1OC(C#Cc2cc(C#CC3OC(CO)C(O)C(O)C3O)c3[nH]ncc3c2)C(O)C(O)C1O. The quantitative estimate of drug-likeness (QED) is 0.185. The Bertz CT molecular complexity index is 1160. The van der Waals surface area contributed by atoms with Crippen molar-refractivity contribution in [1.29, 1.82) is 0 Å². The number of fused-ring (bicyclic) bond motifs is 1. The van der Waals surface area contributed by atoms with Crippen LogP contribution >= 0.6 is 0 Å². The number of rotatable bonds is 2. The molecule has 188 valence electrons. The van der Waals surface area contributed by atoms with Crippen molar-refractivity contribution in [3.63, 3.8) is 0 Å². The highest BCUT2D eigenvalue weighted by Crippen LogP contribution is 2.23. The maximum Gasteiger partial charge on any atom is 0.147 e. The van der Waals surface area contributed by atoms with Crippen LogP contribution in [0.25, 0.3) is 10.9 Å². The molecule has 9 N–H and O–H groups in total. The molecule has 12 nitrogen and oxygen atoms in total. The number of H-pyrrole nitrogens is 1. The van der Waals surface area contributed by atoms with E-state index in [1.54, 1.807) is 12.1 Å². The number of hydrogen-bond donors (Lipinski definition) is 9. The summed E-state index contributed by atoms with van der Waals surface area (Å²) in [5, 5.41) is 86.2. The van der Waals surface area contributed by atoms with Gasteiger partial charge in [-0.3, -0.25) is 5.10 Å². The van der Waals surface area contributed by atoms with Gasteiger partial charge >= 0.3 is 0 Å². The predicted molar refractivity (Wildman–Crippen MR) is 117 cm³/mol. The van der Waals surface area contributed by atoms with Crippen molar-refractivity contribution < 1.29 is 50.3 Å². The van der Waals surface area contributed by atoms with Crippen molar-refractivity contribution in [3.05, 3.63) is 29.5 Å². The van der Waals surface area contributed by atoms with Gasteiger partial charge < -0.3 is 50.3 Å². The second kappa shape index (κ2) is 10.6. The van der Waals surface area contributed by atoms with Crippen molar-refractivity contribution in [2.24, 2.45) is 0 Å². The summed E-state index contributed by atoms with van der Waals surface area (Å²) < 4.78 is 10.8. The van der Waals surface area contributed by atoms with Gasteiger partial charge in [-0.15, -0.1) is 0 Å². The number of nitrogens with zero attached hydrogens (tertiary/aromatic N) is 1. The van der Waals surface area contributed by atoms with Crippen LogP contribution in [0.5, 0.6) is 0 Å². The lowest BCUT2D eigenvalue weighted by molar-refractivity contribution is -0.214. The van der Waals surface area contributed by atoms with Crippen LogP contribution in [0.15, 0.2) is 18.3 Å². The molecule has 0 saturated carbocycles. The number of ether oxygens (including phenoxy) is 2. The van der Waals surface area contributed by atoms with Crippen LogP contribution in [-0.4, -0.2) is 125 Å². The van der Waals surface area contributed by atoms with Crippen LogP contribution in [0.4, 0.5) is 0 Å². The minimum atomic E-state index is -1.55. The lowest BCUT2D eigenvalue weighted by Gasteiger charge is -2.37. The van der Waals surface area contributed by atoms with E-state index < -0.39 is 74.3 Å². The van der Waals surface area contributed by atoms with Crippen LogP contribution in [0.2, 0.25) is 0 Å². The first-order valence-electron chi connectivity index (χ1n) is 10.9. The summed E-state index contributed by atoms with van der Waals surface area (Å²) in [4.78, 5) is 0. The smallest absolute Gasteiger partial charge is 0.147 e. The maximum absolute atomic E-state index is 10.2. The van der Waals surface area contributed by atoms with Crippen LogP contribution in [0, 0.1) is 23.7 Å². The first-order chi connectivity index (χ1) is 16.7. The first kappa shape index (κ1) is 25.5. The van der Waals surface area contributed by atoms with E-state index in [0.29, 0.717) is 22.0 Å². The summed E-state index contributed by atoms with van der Waals surface area (Å²) in [6, 6.07) is 3.28. The van der Waals surface area contributed by atoms with Gasteiger partial charge in [-0.05, 0) is 12.1 Å². The summed E-state index contributed by atoms with van der Waals surface area (Å²) in [7, 11) is 0. The highest BCUT2D eigenvalue weighted by Gasteiger charge is 2.43. The lowest BCUT2D eigenvalue weighted by Crippen LogP contribution is -2.58. The molecule has 1 aromatic carbocycles. The molecule has 2 aliphatic heterocycles. The molecular formula is C23H26N2O10. The molecule has 2 aliphatic rings. The van der Waals surface area contributed by atoms with Gasteiger partial charge in [0.1, 0.15) is 61.0 Å². The Hall–Kier alpha value is -2.59. The summed E-state index contributed by atoms with van der Waals surface area (Å²) in [6.07, 6.45) is -12.1. The molecule has 4 rings (SSSR count). The second-order valence-electron chi connectivity index (χ2n) is 8.40. The average Bonchev–Trinajstić information content (AvgIpc) is 3.34. The summed E-state index contributed by atoms with van der Waals surface area (Å²) in [6.45, 7) is -1.14. The monoisotopic (exact) mass is 490 g/mol. The topological polar surface area (TPSA) is 209 Å². The molecule has 0 amide bonds. The van der Waals surface area contributed by atoms with E-state index in [2.05, 4.69) is 33.9 Å². The van der Waals surface area contributed by atoms with Crippen LogP contribution in [0.1, 0.15) is 11.1 Å². The van der Waals surface area contributed by atoms with E-state index in [4.69, 9.17) is 9.47 Å². The standard InChI is InChI=1S/C23H26N2O10/c26-8-15-20(30)22(32)18(28)13(34-15)3-1-10-5-11(17-12(6-10)7-24-25-17)2-4-14-19(29)23(33)21(31)16(9-27)35-14/h5-7,13-16,18-23,26-33H,8-9H2,(H,24,25). The number of aliphatic hydroxyl groups excluding tert-OH is 8. The van der Waals surface area contributed by atoms with Crippen LogP contribution in [0.3, 0.4) is 0 Å². The van der Waals surface area contributed by atoms with Crippen molar-refractivity contribution in [1.82, 2.24) is 10.2 Å². The Morgan fingerprint density at radius 2 is 1.29 bits per heavy atom. The Morgan fingerprint density at radius 3 is 1.83 bits per heavy atom. The third kappa shape index (κ3) is 5.04. The fourth-order valence-corrected chi connectivity index (χ4v) is 3.97. The molecule has 35 heavy (non-hydrogen) atoms. The molecule has 3 heterocycles. The molecule has 0 spiro atoms. The van der Waals surface area contributed by atoms with E-state index in [0.717, 1.165) is 0 Å². The first-order valence-corrected chi connectivity index (χ1v) is 10.9. The molecular weight excluding hydrogens is 464 g/mol. The predicted octanol–water partition coefficient (Wildman–Crippen LogP) is -4.05. The second-order valence-corrected chi connectivity index (χ2v) is 8.40. The van der Waals surface area contributed by atoms with Gasteiger partial charge in [0.25, 0.3) is 0 Å². The van der Waals surface area contributed by atoms with E-state index in [1.807, 2.05) is 0 Å². The fraction of sp³-hybridized carbons (Fsp3) is 0.522. The lowest BCUT2D eigenvalue weighted by atomic mass is 9.95. The molecule has 2 saturated heterocycles. The van der Waals surface area contributed by atoms with E-state index in [-0.39, 0.29) is 0 Å². The number of aliphatic hydroxyl groups is 8. The minimum Gasteiger partial charge on any atom is -0.394 e. The van der Waals surface area contributed by atoms with Gasteiger partial charge in [0, 0.05) is 10.9 Å². The molecule has 10 unspecified atom stereocenters. The Morgan fingerprint density at radius 1 is 0.743 bits per heavy atom. The number of aromatic amines is 1. The van der Waals surface area contributed by atoms with E-state index in [9.17, 15) is 40.9 Å². The van der Waals surface area contributed by atoms with Gasteiger partial charge in [0.05, 0.1) is 30.5 Å². The summed E-state index contributed by atoms with van der Waals surface area (Å²) >= 11 is 0. The zero-order chi connectivity index (χ0) is 25.3. The summed E-state index contributed by atoms with van der Waals surface area (Å²) in [5.74, 6) is 11.0. The molecule has 0 radical (unpaired) electrons. The molecule has 0 aliphatic carbocycles. The highest BCUT2D eigenvalue weighted by atomic mass is 16.5. The maximum atomic E-state index is 10.2. The van der Waals surface area contributed by atoms with E-state index >= 15 is 0 Å². The van der Waals surface area contributed by atoms with Gasteiger partial charge in [0.2, 0.25) is 0 Å². The molecule has 2 fully saturated rings. The highest BCUT2D eigenvalue weighted by molar-refractivity contribution is 5.85. The normalized spacial score (nSPS) is 37.3. The number of aromatic nitrogens is 2. The molecule has 1 aromatic heterocycles. The zero-order valence-electron chi connectivity index (χ0n) is 18.3. The van der Waals surface area contributed by atoms with Crippen molar-refractivity contribution >= 4 is 10.9 Å².